The van der Waals surface area contributed by atoms with Gasteiger partial charge in [-0.25, -0.2) is 0 Å². The van der Waals surface area contributed by atoms with Crippen LogP contribution in [0.2, 0.25) is 0 Å². The Kier molecular flexibility index (Phi) is 8.46. The van der Waals surface area contributed by atoms with Crippen LogP contribution in [0.1, 0.15) is 46.6 Å². The maximum Gasteiger partial charge on any atom is 0.240 e. The van der Waals surface area contributed by atoms with Gasteiger partial charge in [-0.15, -0.1) is 0 Å². The van der Waals surface area contributed by atoms with Crippen molar-refractivity contribution in [1.29, 1.82) is 0 Å². The van der Waals surface area contributed by atoms with E-state index in [2.05, 4.69) is 44.0 Å². The van der Waals surface area contributed by atoms with E-state index < -0.39 is 0 Å². The molecular formula is C20H33N3O2. The molecule has 140 valence electrons. The van der Waals surface area contributed by atoms with Crippen LogP contribution in [0.15, 0.2) is 18.2 Å². The number of amides is 2. The second kappa shape index (κ2) is 10.1. The number of hydrogen-bond acceptors (Lipinski definition) is 3. The second-order valence-corrected chi connectivity index (χ2v) is 6.78. The van der Waals surface area contributed by atoms with Gasteiger partial charge in [0.05, 0.1) is 0 Å². The van der Waals surface area contributed by atoms with Gasteiger partial charge in [-0.2, -0.15) is 0 Å². The Balaban J connectivity index is 2.88. The summed E-state index contributed by atoms with van der Waals surface area (Å²) in [5, 5.41) is 2.90. The fourth-order valence-corrected chi connectivity index (χ4v) is 2.79. The highest BCUT2D eigenvalue weighted by molar-refractivity contribution is 5.98. The predicted molar refractivity (Wildman–Crippen MR) is 105 cm³/mol. The van der Waals surface area contributed by atoms with Crippen LogP contribution in [0.25, 0.3) is 0 Å². The lowest BCUT2D eigenvalue weighted by atomic mass is 10.1. The van der Waals surface area contributed by atoms with Gasteiger partial charge in [0.1, 0.15) is 6.54 Å². The zero-order valence-electron chi connectivity index (χ0n) is 16.6. The van der Waals surface area contributed by atoms with Crippen molar-refractivity contribution < 1.29 is 9.59 Å². The summed E-state index contributed by atoms with van der Waals surface area (Å²) in [6.45, 7) is 14.5. The maximum absolute atomic E-state index is 12.2. The molecule has 1 rings (SSSR count). The molecule has 0 aliphatic rings. The molecule has 0 aliphatic heterocycles. The summed E-state index contributed by atoms with van der Waals surface area (Å²) in [5.41, 5.74) is 2.92. The smallest absolute Gasteiger partial charge is 0.240 e. The van der Waals surface area contributed by atoms with Crippen LogP contribution in [0.5, 0.6) is 0 Å². The number of nitrogens with one attached hydrogen (secondary N) is 1. The molecule has 25 heavy (non-hydrogen) atoms. The van der Waals surface area contributed by atoms with Gasteiger partial charge >= 0.3 is 0 Å². The number of nitrogens with zero attached hydrogens (tertiary/aromatic N) is 2. The zero-order valence-corrected chi connectivity index (χ0v) is 16.6. The van der Waals surface area contributed by atoms with Gasteiger partial charge < -0.3 is 15.1 Å². The first-order chi connectivity index (χ1) is 11.8. The van der Waals surface area contributed by atoms with Crippen LogP contribution in [-0.4, -0.2) is 38.0 Å². The van der Waals surface area contributed by atoms with E-state index in [1.54, 1.807) is 4.90 Å². The molecular weight excluding hydrogens is 314 g/mol. The van der Waals surface area contributed by atoms with Crippen LogP contribution < -0.4 is 15.1 Å². The van der Waals surface area contributed by atoms with Crippen LogP contribution in [-0.2, 0) is 9.59 Å². The number of aryl methyl sites for hydroxylation is 1. The standard InChI is InChI=1S/C20H33N3O2/c1-7-22(8-2)18-9-10-19(16(5)13-18)23(17(6)24)14-20(25)21-12-11-15(3)4/h9-10,13,15H,7-8,11-12,14H2,1-6H3,(H,21,25). The molecule has 5 nitrogen and oxygen atoms in total. The summed E-state index contributed by atoms with van der Waals surface area (Å²) in [5.74, 6) is 0.292. The minimum atomic E-state index is -0.127. The van der Waals surface area contributed by atoms with Crippen molar-refractivity contribution in [2.24, 2.45) is 5.92 Å². The summed E-state index contributed by atoms with van der Waals surface area (Å²) in [6.07, 6.45) is 0.934. The Labute approximate surface area is 152 Å². The highest BCUT2D eigenvalue weighted by Gasteiger charge is 2.18. The Morgan fingerprint density at radius 3 is 2.28 bits per heavy atom. The van der Waals surface area contributed by atoms with E-state index in [1.807, 2.05) is 19.1 Å². The van der Waals surface area contributed by atoms with Crippen molar-refractivity contribution in [3.05, 3.63) is 23.8 Å². The highest BCUT2D eigenvalue weighted by Crippen LogP contribution is 2.26. The van der Waals surface area contributed by atoms with Gasteiger partial charge in [0.15, 0.2) is 0 Å². The van der Waals surface area contributed by atoms with Gasteiger partial charge in [0, 0.05) is 37.9 Å². The van der Waals surface area contributed by atoms with Crippen molar-refractivity contribution in [3.8, 4) is 0 Å². The van der Waals surface area contributed by atoms with Crippen molar-refractivity contribution >= 4 is 23.2 Å². The molecule has 0 heterocycles. The lowest BCUT2D eigenvalue weighted by Crippen LogP contribution is -2.40. The fourth-order valence-electron chi connectivity index (χ4n) is 2.79. The molecule has 2 amide bonds. The molecule has 1 N–H and O–H groups in total. The molecule has 0 radical (unpaired) electrons. The predicted octanol–water partition coefficient (Wildman–Crippen LogP) is 3.36. The summed E-state index contributed by atoms with van der Waals surface area (Å²) in [6, 6.07) is 6.03. The quantitative estimate of drug-likeness (QED) is 0.745. The van der Waals surface area contributed by atoms with Gasteiger partial charge in [-0.05, 0) is 56.9 Å². The Morgan fingerprint density at radius 1 is 1.16 bits per heavy atom. The first-order valence-corrected chi connectivity index (χ1v) is 9.20. The van der Waals surface area contributed by atoms with Crippen LogP contribution >= 0.6 is 0 Å². The van der Waals surface area contributed by atoms with Gasteiger partial charge in [-0.1, -0.05) is 13.8 Å². The molecule has 1 aromatic rings. The number of carbonyl (C=O) groups is 2. The highest BCUT2D eigenvalue weighted by atomic mass is 16.2. The number of anilines is 2. The lowest BCUT2D eigenvalue weighted by molar-refractivity contribution is -0.123. The third-order valence-electron chi connectivity index (χ3n) is 4.33. The molecule has 0 bridgehead atoms. The largest absolute Gasteiger partial charge is 0.372 e. The molecule has 0 saturated heterocycles. The van der Waals surface area contributed by atoms with Crippen molar-refractivity contribution in [1.82, 2.24) is 5.32 Å². The Bertz CT molecular complexity index is 580. The maximum atomic E-state index is 12.2. The number of benzene rings is 1. The number of rotatable bonds is 9. The van der Waals surface area contributed by atoms with Crippen molar-refractivity contribution in [2.75, 3.05) is 36.0 Å². The average Bonchev–Trinajstić information content (AvgIpc) is 2.54. The monoisotopic (exact) mass is 347 g/mol. The van der Waals surface area contributed by atoms with E-state index in [9.17, 15) is 9.59 Å². The average molecular weight is 348 g/mol. The summed E-state index contributed by atoms with van der Waals surface area (Å²) < 4.78 is 0. The molecule has 0 spiro atoms. The molecule has 0 aromatic heterocycles. The first kappa shape index (κ1) is 21.0. The SMILES string of the molecule is CCN(CC)c1ccc(N(CC(=O)NCCC(C)C)C(C)=O)c(C)c1. The van der Waals surface area contributed by atoms with Gasteiger partial charge in [-0.3, -0.25) is 9.59 Å². The molecule has 0 aliphatic carbocycles. The lowest BCUT2D eigenvalue weighted by Gasteiger charge is -2.26. The Morgan fingerprint density at radius 2 is 1.80 bits per heavy atom. The van der Waals surface area contributed by atoms with Gasteiger partial charge in [0.2, 0.25) is 11.8 Å². The van der Waals surface area contributed by atoms with E-state index in [1.165, 1.54) is 6.92 Å². The minimum Gasteiger partial charge on any atom is -0.372 e. The zero-order chi connectivity index (χ0) is 19.0. The topological polar surface area (TPSA) is 52.6 Å². The molecule has 0 saturated carbocycles. The second-order valence-electron chi connectivity index (χ2n) is 6.78. The van der Waals surface area contributed by atoms with Gasteiger partial charge in [0.25, 0.3) is 0 Å². The molecule has 0 unspecified atom stereocenters. The van der Waals surface area contributed by atoms with Crippen LogP contribution in [0.3, 0.4) is 0 Å². The molecule has 5 heteroatoms. The van der Waals surface area contributed by atoms with E-state index in [0.29, 0.717) is 12.5 Å². The first-order valence-electron chi connectivity index (χ1n) is 9.20. The molecule has 0 fully saturated rings. The summed E-state index contributed by atoms with van der Waals surface area (Å²) in [4.78, 5) is 28.1. The summed E-state index contributed by atoms with van der Waals surface area (Å²) in [7, 11) is 0. The minimum absolute atomic E-state index is 0.0544. The Hall–Kier alpha value is -2.04. The van der Waals surface area contributed by atoms with E-state index in [-0.39, 0.29) is 18.4 Å². The number of hydrogen-bond donors (Lipinski definition) is 1. The van der Waals surface area contributed by atoms with Crippen LogP contribution in [0, 0.1) is 12.8 Å². The normalized spacial score (nSPS) is 10.7. The van der Waals surface area contributed by atoms with Crippen LogP contribution in [0.4, 0.5) is 11.4 Å². The fraction of sp³-hybridized carbons (Fsp3) is 0.600. The molecule has 0 atom stereocenters. The van der Waals surface area contributed by atoms with Crippen molar-refractivity contribution in [3.63, 3.8) is 0 Å². The summed E-state index contributed by atoms with van der Waals surface area (Å²) >= 11 is 0. The third kappa shape index (κ3) is 6.40. The molecule has 1 aromatic carbocycles. The van der Waals surface area contributed by atoms with Crippen molar-refractivity contribution in [2.45, 2.75) is 48.0 Å². The van der Waals surface area contributed by atoms with E-state index >= 15 is 0 Å². The third-order valence-corrected chi connectivity index (χ3v) is 4.33. The van der Waals surface area contributed by atoms with E-state index in [4.69, 9.17) is 0 Å². The van der Waals surface area contributed by atoms with E-state index in [0.717, 1.165) is 36.4 Å². The number of carbonyl (C=O) groups excluding carboxylic acids is 2.